The molecule has 0 atom stereocenters. The number of rotatable bonds is 5. The van der Waals surface area contributed by atoms with Gasteiger partial charge in [0.25, 0.3) is 0 Å². The molecule has 0 aliphatic rings. The maximum Gasteiger partial charge on any atom is 0.232 e. The summed E-state index contributed by atoms with van der Waals surface area (Å²) in [7, 11) is -3.33. The number of nitrogens with two attached hydrogens (primary N) is 1. The summed E-state index contributed by atoms with van der Waals surface area (Å²) in [6.45, 7) is 1.93. The van der Waals surface area contributed by atoms with E-state index in [1.165, 1.54) is 6.07 Å². The largest absolute Gasteiger partial charge is 0.399 e. The van der Waals surface area contributed by atoms with Crippen molar-refractivity contribution in [1.82, 2.24) is 0 Å². The van der Waals surface area contributed by atoms with E-state index >= 15 is 0 Å². The molecule has 1 aromatic rings. The van der Waals surface area contributed by atoms with Gasteiger partial charge < -0.3 is 5.73 Å². The third kappa shape index (κ3) is 3.90. The molecule has 16 heavy (non-hydrogen) atoms. The second-order valence-corrected chi connectivity index (χ2v) is 5.76. The molecule has 6 heteroatoms. The molecule has 0 aromatic heterocycles. The third-order valence-corrected chi connectivity index (χ3v) is 3.71. The molecule has 1 rings (SSSR count). The zero-order valence-electron chi connectivity index (χ0n) is 9.03. The Morgan fingerprint density at radius 3 is 2.75 bits per heavy atom. The van der Waals surface area contributed by atoms with E-state index in [1.54, 1.807) is 12.1 Å². The number of nitrogen functional groups attached to an aromatic ring is 1. The first kappa shape index (κ1) is 13.1. The normalized spacial score (nSPS) is 11.4. The molecular formula is C10H15ClN2O2S. The van der Waals surface area contributed by atoms with Gasteiger partial charge in [-0.05, 0) is 24.6 Å². The summed E-state index contributed by atoms with van der Waals surface area (Å²) in [6.07, 6.45) is 1.45. The van der Waals surface area contributed by atoms with Gasteiger partial charge in [0.1, 0.15) is 0 Å². The predicted octanol–water partition coefficient (Wildman–Crippen LogP) is 2.46. The molecule has 0 aliphatic heterocycles. The number of nitrogens with one attached hydrogen (secondary N) is 1. The number of hydrogen-bond acceptors (Lipinski definition) is 3. The molecule has 0 amide bonds. The Labute approximate surface area is 101 Å². The zero-order valence-corrected chi connectivity index (χ0v) is 10.6. The van der Waals surface area contributed by atoms with E-state index in [-0.39, 0.29) is 5.75 Å². The minimum atomic E-state index is -3.33. The lowest BCUT2D eigenvalue weighted by Crippen LogP contribution is -2.16. The van der Waals surface area contributed by atoms with Gasteiger partial charge >= 0.3 is 0 Å². The van der Waals surface area contributed by atoms with Gasteiger partial charge in [-0.3, -0.25) is 4.72 Å². The Morgan fingerprint density at radius 1 is 1.44 bits per heavy atom. The van der Waals surface area contributed by atoms with E-state index in [2.05, 4.69) is 4.72 Å². The highest BCUT2D eigenvalue weighted by Crippen LogP contribution is 2.25. The molecule has 0 heterocycles. The second-order valence-electron chi connectivity index (χ2n) is 3.51. The Hall–Kier alpha value is -0.940. The van der Waals surface area contributed by atoms with E-state index in [4.69, 9.17) is 17.3 Å². The van der Waals surface area contributed by atoms with E-state index in [9.17, 15) is 8.42 Å². The van der Waals surface area contributed by atoms with Crippen molar-refractivity contribution in [2.45, 2.75) is 19.8 Å². The van der Waals surface area contributed by atoms with Crippen molar-refractivity contribution in [3.8, 4) is 0 Å². The van der Waals surface area contributed by atoms with Crippen molar-refractivity contribution in [3.05, 3.63) is 23.2 Å². The number of hydrogen-bond donors (Lipinski definition) is 2. The van der Waals surface area contributed by atoms with Crippen LogP contribution in [0.4, 0.5) is 11.4 Å². The van der Waals surface area contributed by atoms with Gasteiger partial charge in [-0.1, -0.05) is 24.9 Å². The number of halogens is 1. The monoisotopic (exact) mass is 262 g/mol. The highest BCUT2D eigenvalue weighted by Gasteiger charge is 2.11. The molecule has 0 saturated heterocycles. The summed E-state index contributed by atoms with van der Waals surface area (Å²) in [5.74, 6) is 0.0919. The molecule has 0 fully saturated rings. The lowest BCUT2D eigenvalue weighted by molar-refractivity contribution is 0.598. The van der Waals surface area contributed by atoms with Gasteiger partial charge in [0.2, 0.25) is 10.0 Å². The molecule has 1 aromatic carbocycles. The lowest BCUT2D eigenvalue weighted by atomic mass is 10.3. The van der Waals surface area contributed by atoms with Gasteiger partial charge in [-0.25, -0.2) is 8.42 Å². The number of benzene rings is 1. The fraction of sp³-hybridized carbons (Fsp3) is 0.400. The van der Waals surface area contributed by atoms with Crippen LogP contribution in [0.5, 0.6) is 0 Å². The van der Waals surface area contributed by atoms with Gasteiger partial charge in [0.05, 0.1) is 16.5 Å². The maximum atomic E-state index is 11.6. The third-order valence-electron chi connectivity index (χ3n) is 2.02. The van der Waals surface area contributed by atoms with Crippen LogP contribution in [-0.2, 0) is 10.0 Å². The zero-order chi connectivity index (χ0) is 12.2. The van der Waals surface area contributed by atoms with Crippen LogP contribution in [0.2, 0.25) is 5.02 Å². The molecule has 0 aliphatic carbocycles. The average Bonchev–Trinajstić information content (AvgIpc) is 2.20. The van der Waals surface area contributed by atoms with Crippen LogP contribution < -0.4 is 10.5 Å². The van der Waals surface area contributed by atoms with Gasteiger partial charge in [-0.2, -0.15) is 0 Å². The van der Waals surface area contributed by atoms with E-state index in [0.29, 0.717) is 22.8 Å². The highest BCUT2D eigenvalue weighted by atomic mass is 35.5. The summed E-state index contributed by atoms with van der Waals surface area (Å²) >= 11 is 5.85. The topological polar surface area (TPSA) is 72.2 Å². The van der Waals surface area contributed by atoms with Gasteiger partial charge in [0, 0.05) is 5.69 Å². The van der Waals surface area contributed by atoms with Crippen LogP contribution >= 0.6 is 11.6 Å². The fourth-order valence-corrected chi connectivity index (χ4v) is 2.67. The Kier molecular flexibility index (Phi) is 4.44. The fourth-order valence-electron chi connectivity index (χ4n) is 1.17. The van der Waals surface area contributed by atoms with Crippen molar-refractivity contribution in [2.24, 2.45) is 0 Å². The van der Waals surface area contributed by atoms with E-state index < -0.39 is 10.0 Å². The molecule has 0 saturated carbocycles. The smallest absolute Gasteiger partial charge is 0.232 e. The highest BCUT2D eigenvalue weighted by molar-refractivity contribution is 7.92. The van der Waals surface area contributed by atoms with Crippen molar-refractivity contribution in [2.75, 3.05) is 16.2 Å². The van der Waals surface area contributed by atoms with Crippen molar-refractivity contribution < 1.29 is 8.42 Å². The van der Waals surface area contributed by atoms with Crippen LogP contribution in [0.1, 0.15) is 19.8 Å². The number of sulfonamides is 1. The molecule has 4 nitrogen and oxygen atoms in total. The molecule has 3 N–H and O–H groups in total. The van der Waals surface area contributed by atoms with E-state index in [1.807, 2.05) is 6.92 Å². The summed E-state index contributed by atoms with van der Waals surface area (Å²) in [5.41, 5.74) is 6.35. The second kappa shape index (κ2) is 5.41. The van der Waals surface area contributed by atoms with Crippen LogP contribution in [0.15, 0.2) is 18.2 Å². The van der Waals surface area contributed by atoms with Gasteiger partial charge in [0.15, 0.2) is 0 Å². The first-order valence-corrected chi connectivity index (χ1v) is 7.03. The van der Waals surface area contributed by atoms with Crippen molar-refractivity contribution in [3.63, 3.8) is 0 Å². The number of unbranched alkanes of at least 4 members (excludes halogenated alkanes) is 1. The predicted molar refractivity (Wildman–Crippen MR) is 68.2 cm³/mol. The first-order valence-electron chi connectivity index (χ1n) is 5.00. The minimum absolute atomic E-state index is 0.0919. The lowest BCUT2D eigenvalue weighted by Gasteiger charge is -2.09. The molecular weight excluding hydrogens is 248 g/mol. The molecule has 0 bridgehead atoms. The van der Waals surface area contributed by atoms with Crippen LogP contribution in [0.3, 0.4) is 0 Å². The van der Waals surface area contributed by atoms with Crippen LogP contribution in [0, 0.1) is 0 Å². The summed E-state index contributed by atoms with van der Waals surface area (Å²) in [6, 6.07) is 4.69. The van der Waals surface area contributed by atoms with Crippen LogP contribution in [-0.4, -0.2) is 14.2 Å². The van der Waals surface area contributed by atoms with E-state index in [0.717, 1.165) is 6.42 Å². The Balaban J connectivity index is 2.83. The van der Waals surface area contributed by atoms with Gasteiger partial charge in [-0.15, -0.1) is 0 Å². The standard InChI is InChI=1S/C10H15ClN2O2S/c1-2-3-6-16(14,15)13-10-7-8(12)4-5-9(10)11/h4-5,7,13H,2-3,6,12H2,1H3. The van der Waals surface area contributed by atoms with Crippen molar-refractivity contribution in [1.29, 1.82) is 0 Å². The van der Waals surface area contributed by atoms with Crippen molar-refractivity contribution >= 4 is 33.0 Å². The summed E-state index contributed by atoms with van der Waals surface area (Å²) in [5, 5.41) is 0.342. The molecule has 0 radical (unpaired) electrons. The summed E-state index contributed by atoms with van der Waals surface area (Å²) < 4.78 is 25.6. The Morgan fingerprint density at radius 2 is 2.12 bits per heavy atom. The summed E-state index contributed by atoms with van der Waals surface area (Å²) in [4.78, 5) is 0. The molecule has 0 spiro atoms. The SMILES string of the molecule is CCCCS(=O)(=O)Nc1cc(N)ccc1Cl. The van der Waals surface area contributed by atoms with Crippen LogP contribution in [0.25, 0.3) is 0 Å². The average molecular weight is 263 g/mol. The molecule has 0 unspecified atom stereocenters. The first-order chi connectivity index (χ1) is 7.44. The maximum absolute atomic E-state index is 11.6. The minimum Gasteiger partial charge on any atom is -0.399 e. The number of anilines is 2. The quantitative estimate of drug-likeness (QED) is 0.801. The molecule has 90 valence electrons. The Bertz CT molecular complexity index is 460.